The van der Waals surface area contributed by atoms with Gasteiger partial charge in [0.1, 0.15) is 0 Å². The molecule has 0 aliphatic rings. The third-order valence-electron chi connectivity index (χ3n) is 1.10. The van der Waals surface area contributed by atoms with Gasteiger partial charge >= 0.3 is 0 Å². The summed E-state index contributed by atoms with van der Waals surface area (Å²) in [5.41, 5.74) is 0.809. The van der Waals surface area contributed by atoms with Crippen molar-refractivity contribution in [2.24, 2.45) is 0 Å². The Kier molecular flexibility index (Phi) is 2.97. The van der Waals surface area contributed by atoms with Gasteiger partial charge in [-0.1, -0.05) is 0 Å². The third kappa shape index (κ3) is 2.63. The highest BCUT2D eigenvalue weighted by atomic mass is 32.1. The standard InChI is InChI=1S/C6H9N3OS/c1-2-10-6(11)3-5-4-7-9-8-5/h4H,2-3H2,1H3,(H,7,8,9). The van der Waals surface area contributed by atoms with Crippen molar-refractivity contribution < 1.29 is 4.74 Å². The second kappa shape index (κ2) is 4.02. The summed E-state index contributed by atoms with van der Waals surface area (Å²) in [7, 11) is 0. The molecule has 5 heteroatoms. The van der Waals surface area contributed by atoms with Crippen LogP contribution in [0.25, 0.3) is 0 Å². The molecule has 0 bridgehead atoms. The first-order valence-corrected chi connectivity index (χ1v) is 3.74. The average molecular weight is 171 g/mol. The summed E-state index contributed by atoms with van der Waals surface area (Å²) >= 11 is 4.90. The number of hydrogen-bond donors (Lipinski definition) is 1. The van der Waals surface area contributed by atoms with E-state index in [1.165, 1.54) is 0 Å². The molecule has 1 heterocycles. The first-order valence-electron chi connectivity index (χ1n) is 3.33. The van der Waals surface area contributed by atoms with Gasteiger partial charge < -0.3 is 4.74 Å². The van der Waals surface area contributed by atoms with Crippen molar-refractivity contribution in [1.82, 2.24) is 15.4 Å². The summed E-state index contributed by atoms with van der Waals surface area (Å²) in [6, 6.07) is 0. The lowest BCUT2D eigenvalue weighted by atomic mass is 10.3. The van der Waals surface area contributed by atoms with Crippen LogP contribution in [0, 0.1) is 0 Å². The molecule has 1 N–H and O–H groups in total. The van der Waals surface area contributed by atoms with E-state index in [-0.39, 0.29) is 0 Å². The average Bonchev–Trinajstić information content (AvgIpc) is 2.40. The molecule has 1 rings (SSSR count). The molecule has 0 radical (unpaired) electrons. The van der Waals surface area contributed by atoms with Gasteiger partial charge in [-0.2, -0.15) is 15.4 Å². The highest BCUT2D eigenvalue weighted by Crippen LogP contribution is 1.94. The van der Waals surface area contributed by atoms with E-state index in [9.17, 15) is 0 Å². The van der Waals surface area contributed by atoms with Crippen LogP contribution >= 0.6 is 12.2 Å². The van der Waals surface area contributed by atoms with E-state index in [1.54, 1.807) is 6.20 Å². The van der Waals surface area contributed by atoms with Crippen LogP contribution in [0.1, 0.15) is 12.6 Å². The van der Waals surface area contributed by atoms with Gasteiger partial charge in [0, 0.05) is 0 Å². The summed E-state index contributed by atoms with van der Waals surface area (Å²) < 4.78 is 5.06. The Balaban J connectivity index is 2.37. The van der Waals surface area contributed by atoms with Crippen LogP contribution < -0.4 is 0 Å². The largest absolute Gasteiger partial charge is 0.487 e. The van der Waals surface area contributed by atoms with Gasteiger partial charge in [0.15, 0.2) is 5.05 Å². The molecule has 60 valence electrons. The van der Waals surface area contributed by atoms with E-state index in [4.69, 9.17) is 17.0 Å². The quantitative estimate of drug-likeness (QED) is 0.680. The molecule has 0 saturated carbocycles. The zero-order valence-electron chi connectivity index (χ0n) is 6.20. The molecule has 0 fully saturated rings. The number of H-pyrrole nitrogens is 1. The predicted octanol–water partition coefficient (Wildman–Crippen LogP) is 0.711. The van der Waals surface area contributed by atoms with Crippen LogP contribution in [-0.2, 0) is 11.2 Å². The van der Waals surface area contributed by atoms with Crippen molar-refractivity contribution in [2.45, 2.75) is 13.3 Å². The van der Waals surface area contributed by atoms with Crippen LogP contribution in [0.15, 0.2) is 6.20 Å². The van der Waals surface area contributed by atoms with Crippen molar-refractivity contribution in [2.75, 3.05) is 6.61 Å². The Morgan fingerprint density at radius 3 is 3.18 bits per heavy atom. The molecular weight excluding hydrogens is 162 g/mol. The molecule has 0 aliphatic carbocycles. The van der Waals surface area contributed by atoms with Gasteiger partial charge in [-0.3, -0.25) is 0 Å². The zero-order chi connectivity index (χ0) is 8.10. The van der Waals surface area contributed by atoms with Crippen molar-refractivity contribution in [3.8, 4) is 0 Å². The van der Waals surface area contributed by atoms with E-state index in [0.29, 0.717) is 18.1 Å². The maximum absolute atomic E-state index is 5.06. The number of aromatic amines is 1. The number of ether oxygens (including phenoxy) is 1. The minimum atomic E-state index is 0.555. The van der Waals surface area contributed by atoms with Gasteiger partial charge in [0.2, 0.25) is 0 Å². The fourth-order valence-corrected chi connectivity index (χ4v) is 0.936. The number of rotatable bonds is 3. The predicted molar refractivity (Wildman–Crippen MR) is 44.3 cm³/mol. The third-order valence-corrected chi connectivity index (χ3v) is 1.36. The lowest BCUT2D eigenvalue weighted by molar-refractivity contribution is 0.329. The number of nitrogens with one attached hydrogen (secondary N) is 1. The first-order chi connectivity index (χ1) is 5.33. The van der Waals surface area contributed by atoms with Crippen LogP contribution in [0.4, 0.5) is 0 Å². The van der Waals surface area contributed by atoms with Crippen molar-refractivity contribution >= 4 is 17.3 Å². The van der Waals surface area contributed by atoms with Crippen LogP contribution in [-0.4, -0.2) is 27.1 Å². The fraction of sp³-hybridized carbons (Fsp3) is 0.500. The van der Waals surface area contributed by atoms with Crippen molar-refractivity contribution in [1.29, 1.82) is 0 Å². The molecule has 0 amide bonds. The van der Waals surface area contributed by atoms with E-state index in [1.807, 2.05) is 6.92 Å². The fourth-order valence-electron chi connectivity index (χ4n) is 0.670. The van der Waals surface area contributed by atoms with E-state index in [2.05, 4.69) is 15.4 Å². The second-order valence-electron chi connectivity index (χ2n) is 1.94. The summed E-state index contributed by atoms with van der Waals surface area (Å²) in [4.78, 5) is 0. The molecular formula is C6H9N3OS. The van der Waals surface area contributed by atoms with E-state index < -0.39 is 0 Å². The Labute approximate surface area is 69.9 Å². The second-order valence-corrected chi connectivity index (χ2v) is 2.40. The topological polar surface area (TPSA) is 50.8 Å². The summed E-state index contributed by atoms with van der Waals surface area (Å²) in [5.74, 6) is 0. The zero-order valence-corrected chi connectivity index (χ0v) is 7.02. The lowest BCUT2D eigenvalue weighted by Crippen LogP contribution is -2.05. The molecule has 0 aliphatic heterocycles. The molecule has 4 nitrogen and oxygen atoms in total. The lowest BCUT2D eigenvalue weighted by Gasteiger charge is -2.00. The molecule has 11 heavy (non-hydrogen) atoms. The summed E-state index contributed by atoms with van der Waals surface area (Å²) in [5, 5.41) is 10.5. The molecule has 0 unspecified atom stereocenters. The minimum Gasteiger partial charge on any atom is -0.487 e. The van der Waals surface area contributed by atoms with E-state index in [0.717, 1.165) is 5.69 Å². The van der Waals surface area contributed by atoms with Gasteiger partial charge in [0.05, 0.1) is 24.9 Å². The smallest absolute Gasteiger partial charge is 0.165 e. The normalized spacial score (nSPS) is 9.55. The SMILES string of the molecule is CCOC(=S)Cc1cn[nH]n1. The maximum atomic E-state index is 5.06. The molecule has 0 spiro atoms. The highest BCUT2D eigenvalue weighted by molar-refractivity contribution is 7.80. The Morgan fingerprint density at radius 1 is 1.82 bits per heavy atom. The summed E-state index contributed by atoms with van der Waals surface area (Å²) in [6.45, 7) is 2.51. The Hall–Kier alpha value is -0.970. The van der Waals surface area contributed by atoms with Crippen molar-refractivity contribution in [3.05, 3.63) is 11.9 Å². The number of thiocarbonyl (C=S) groups is 1. The van der Waals surface area contributed by atoms with Gasteiger partial charge in [0.25, 0.3) is 0 Å². The molecule has 0 aromatic carbocycles. The first kappa shape index (κ1) is 8.13. The number of hydrogen-bond acceptors (Lipinski definition) is 4. The monoisotopic (exact) mass is 171 g/mol. The Morgan fingerprint density at radius 2 is 2.64 bits per heavy atom. The number of aromatic nitrogens is 3. The van der Waals surface area contributed by atoms with Crippen LogP contribution in [0.3, 0.4) is 0 Å². The molecule has 0 saturated heterocycles. The van der Waals surface area contributed by atoms with Gasteiger partial charge in [-0.05, 0) is 19.1 Å². The minimum absolute atomic E-state index is 0.555. The highest BCUT2D eigenvalue weighted by Gasteiger charge is 2.00. The molecule has 0 atom stereocenters. The molecule has 1 aromatic heterocycles. The van der Waals surface area contributed by atoms with Gasteiger partial charge in [-0.15, -0.1) is 0 Å². The maximum Gasteiger partial charge on any atom is 0.165 e. The van der Waals surface area contributed by atoms with Gasteiger partial charge in [-0.25, -0.2) is 0 Å². The van der Waals surface area contributed by atoms with Crippen molar-refractivity contribution in [3.63, 3.8) is 0 Å². The summed E-state index contributed by atoms with van der Waals surface area (Å²) in [6.07, 6.45) is 2.19. The van der Waals surface area contributed by atoms with Crippen LogP contribution in [0.5, 0.6) is 0 Å². The van der Waals surface area contributed by atoms with E-state index >= 15 is 0 Å². The number of nitrogens with zero attached hydrogens (tertiary/aromatic N) is 2. The Bertz CT molecular complexity index is 222. The molecule has 1 aromatic rings. The van der Waals surface area contributed by atoms with Crippen LogP contribution in [0.2, 0.25) is 0 Å².